The number of hydrogen-bond acceptors (Lipinski definition) is 6. The molecular weight excluding hydrogens is 350 g/mol. The third-order valence-electron chi connectivity index (χ3n) is 3.84. The largest absolute Gasteiger partial charge is 0.465 e. The van der Waals surface area contributed by atoms with E-state index in [0.29, 0.717) is 22.4 Å². The van der Waals surface area contributed by atoms with E-state index in [0.717, 1.165) is 0 Å². The van der Waals surface area contributed by atoms with E-state index in [4.69, 9.17) is 9.47 Å². The van der Waals surface area contributed by atoms with Gasteiger partial charge >= 0.3 is 12.1 Å². The molecule has 0 saturated heterocycles. The zero-order chi connectivity index (χ0) is 19.6. The predicted octanol–water partition coefficient (Wildman–Crippen LogP) is 3.15. The van der Waals surface area contributed by atoms with Crippen molar-refractivity contribution in [2.75, 3.05) is 21.2 Å². The van der Waals surface area contributed by atoms with Crippen LogP contribution in [0, 0.1) is 0 Å². The summed E-state index contributed by atoms with van der Waals surface area (Å²) in [5.74, 6) is 0.0412. The Morgan fingerprint density at radius 2 is 1.78 bits per heavy atom. The van der Waals surface area contributed by atoms with Gasteiger partial charge in [-0.3, -0.25) is 4.79 Å². The number of Topliss-reactive ketones (excluding diaryl/α,β-unsaturated/α-hetero) is 1. The van der Waals surface area contributed by atoms with Crippen LogP contribution in [0.15, 0.2) is 48.2 Å². The molecule has 1 aliphatic rings. The molecule has 0 aliphatic carbocycles. The van der Waals surface area contributed by atoms with Crippen molar-refractivity contribution in [3.63, 3.8) is 0 Å². The standard InChI is InChI=1S/C20H17NO6/c1-21(2)20(24)26-14-8-9-15-16(11-14)27-17(18(15)22)10-12-4-6-13(7-5-12)19(23)25-3/h4-11H,1-3H3. The van der Waals surface area contributed by atoms with E-state index in [1.54, 1.807) is 50.5 Å². The number of amides is 1. The van der Waals surface area contributed by atoms with E-state index >= 15 is 0 Å². The summed E-state index contributed by atoms with van der Waals surface area (Å²) in [5, 5.41) is 0. The Kier molecular flexibility index (Phi) is 4.94. The molecule has 3 rings (SSSR count). The van der Waals surface area contributed by atoms with Crippen LogP contribution in [0.2, 0.25) is 0 Å². The summed E-state index contributed by atoms with van der Waals surface area (Å²) in [6.07, 6.45) is 1.05. The lowest BCUT2D eigenvalue weighted by Crippen LogP contribution is -2.25. The van der Waals surface area contributed by atoms with E-state index in [1.807, 2.05) is 0 Å². The number of ketones is 1. The van der Waals surface area contributed by atoms with Crippen LogP contribution in [0.5, 0.6) is 11.5 Å². The van der Waals surface area contributed by atoms with Crippen molar-refractivity contribution < 1.29 is 28.6 Å². The first-order chi connectivity index (χ1) is 12.9. The second kappa shape index (κ2) is 7.33. The molecule has 0 spiro atoms. The number of rotatable bonds is 3. The van der Waals surface area contributed by atoms with Crippen molar-refractivity contribution in [1.29, 1.82) is 0 Å². The number of nitrogens with zero attached hydrogens (tertiary/aromatic N) is 1. The molecule has 0 fully saturated rings. The Bertz CT molecular complexity index is 943. The average molecular weight is 367 g/mol. The first-order valence-corrected chi connectivity index (χ1v) is 8.05. The van der Waals surface area contributed by atoms with Gasteiger partial charge in [0.15, 0.2) is 5.76 Å². The number of methoxy groups -OCH3 is 1. The predicted molar refractivity (Wildman–Crippen MR) is 96.9 cm³/mol. The Balaban J connectivity index is 1.80. The summed E-state index contributed by atoms with van der Waals surface area (Å²) in [6, 6.07) is 11.2. The Hall–Kier alpha value is -3.61. The van der Waals surface area contributed by atoms with Crippen molar-refractivity contribution >= 4 is 23.9 Å². The maximum atomic E-state index is 12.5. The molecule has 27 heavy (non-hydrogen) atoms. The summed E-state index contributed by atoms with van der Waals surface area (Å²) in [4.78, 5) is 36.9. The van der Waals surface area contributed by atoms with Crippen LogP contribution >= 0.6 is 0 Å². The number of allylic oxidation sites excluding steroid dienone is 1. The lowest BCUT2D eigenvalue weighted by molar-refractivity contribution is 0.0600. The molecule has 0 saturated carbocycles. The van der Waals surface area contributed by atoms with Gasteiger partial charge in [0.25, 0.3) is 0 Å². The second-order valence-electron chi connectivity index (χ2n) is 5.97. The van der Waals surface area contributed by atoms with Crippen LogP contribution in [0.25, 0.3) is 6.08 Å². The van der Waals surface area contributed by atoms with E-state index in [1.165, 1.54) is 24.1 Å². The molecule has 0 bridgehead atoms. The average Bonchev–Trinajstić information content (AvgIpc) is 2.96. The van der Waals surface area contributed by atoms with Crippen LogP contribution in [0.4, 0.5) is 4.79 Å². The molecule has 0 unspecified atom stereocenters. The van der Waals surface area contributed by atoms with Gasteiger partial charge in [-0.1, -0.05) is 12.1 Å². The van der Waals surface area contributed by atoms with E-state index in [9.17, 15) is 14.4 Å². The van der Waals surface area contributed by atoms with Crippen LogP contribution in [-0.2, 0) is 4.74 Å². The maximum absolute atomic E-state index is 12.5. The van der Waals surface area contributed by atoms with Crippen molar-refractivity contribution in [1.82, 2.24) is 4.90 Å². The molecule has 138 valence electrons. The Morgan fingerprint density at radius 3 is 2.41 bits per heavy atom. The fourth-order valence-electron chi connectivity index (χ4n) is 2.41. The van der Waals surface area contributed by atoms with Gasteiger partial charge in [-0.2, -0.15) is 0 Å². The number of benzene rings is 2. The van der Waals surface area contributed by atoms with Gasteiger partial charge in [0.1, 0.15) is 11.5 Å². The molecule has 0 atom stereocenters. The molecule has 1 amide bonds. The van der Waals surface area contributed by atoms with Crippen molar-refractivity contribution in [2.45, 2.75) is 0 Å². The first-order valence-electron chi connectivity index (χ1n) is 8.05. The first kappa shape index (κ1) is 18.2. The molecule has 0 aromatic heterocycles. The fraction of sp³-hybridized carbons (Fsp3) is 0.150. The second-order valence-corrected chi connectivity index (χ2v) is 5.97. The smallest absolute Gasteiger partial charge is 0.414 e. The summed E-state index contributed by atoms with van der Waals surface area (Å²) in [5.41, 5.74) is 1.49. The third kappa shape index (κ3) is 3.82. The highest BCUT2D eigenvalue weighted by Crippen LogP contribution is 2.35. The van der Waals surface area contributed by atoms with E-state index < -0.39 is 12.1 Å². The number of esters is 1. The lowest BCUT2D eigenvalue weighted by atomic mass is 10.1. The quantitative estimate of drug-likeness (QED) is 0.612. The molecule has 0 radical (unpaired) electrons. The monoisotopic (exact) mass is 367 g/mol. The number of fused-ring (bicyclic) bond motifs is 1. The normalized spacial score (nSPS) is 13.7. The van der Waals surface area contributed by atoms with Gasteiger partial charge in [-0.05, 0) is 35.9 Å². The van der Waals surface area contributed by atoms with Crippen molar-refractivity contribution in [2.24, 2.45) is 0 Å². The highest BCUT2D eigenvalue weighted by atomic mass is 16.6. The van der Waals surface area contributed by atoms with Crippen molar-refractivity contribution in [3.05, 3.63) is 64.9 Å². The summed E-state index contributed by atoms with van der Waals surface area (Å²) in [6.45, 7) is 0. The molecule has 7 heteroatoms. The number of carbonyl (C=O) groups is 3. The molecule has 7 nitrogen and oxygen atoms in total. The van der Waals surface area contributed by atoms with E-state index in [-0.39, 0.29) is 17.3 Å². The van der Waals surface area contributed by atoms with Crippen molar-refractivity contribution in [3.8, 4) is 11.5 Å². The fourth-order valence-corrected chi connectivity index (χ4v) is 2.41. The topological polar surface area (TPSA) is 82.1 Å². The van der Waals surface area contributed by atoms with Gasteiger partial charge in [0.2, 0.25) is 5.78 Å². The third-order valence-corrected chi connectivity index (χ3v) is 3.84. The minimum absolute atomic E-state index is 0.145. The zero-order valence-electron chi connectivity index (χ0n) is 15.0. The SMILES string of the molecule is COC(=O)c1ccc(C=C2Oc3cc(OC(=O)N(C)C)ccc3C2=O)cc1. The highest BCUT2D eigenvalue weighted by Gasteiger charge is 2.28. The zero-order valence-corrected chi connectivity index (χ0v) is 15.0. The summed E-state index contributed by atoms with van der Waals surface area (Å²) in [7, 11) is 4.45. The molecule has 0 N–H and O–H groups in total. The molecule has 1 aliphatic heterocycles. The van der Waals surface area contributed by atoms with Crippen LogP contribution in [-0.4, -0.2) is 44.0 Å². The maximum Gasteiger partial charge on any atom is 0.414 e. The summed E-state index contributed by atoms with van der Waals surface area (Å²) >= 11 is 0. The lowest BCUT2D eigenvalue weighted by Gasteiger charge is -2.10. The minimum atomic E-state index is -0.527. The molecular formula is C20H17NO6. The van der Waals surface area contributed by atoms with Gasteiger partial charge in [0, 0.05) is 20.2 Å². The molecule has 2 aromatic rings. The van der Waals surface area contributed by atoms with Crippen LogP contribution in [0.3, 0.4) is 0 Å². The Morgan fingerprint density at radius 1 is 1.07 bits per heavy atom. The molecule has 1 heterocycles. The van der Waals surface area contributed by atoms with Crippen LogP contribution < -0.4 is 9.47 Å². The van der Waals surface area contributed by atoms with Gasteiger partial charge in [-0.15, -0.1) is 0 Å². The molecule has 2 aromatic carbocycles. The summed E-state index contributed by atoms with van der Waals surface area (Å²) < 4.78 is 15.4. The van der Waals surface area contributed by atoms with Gasteiger partial charge in [-0.25, -0.2) is 9.59 Å². The van der Waals surface area contributed by atoms with E-state index in [2.05, 4.69) is 4.74 Å². The Labute approximate surface area is 155 Å². The van der Waals surface area contributed by atoms with Gasteiger partial charge in [0.05, 0.1) is 18.2 Å². The van der Waals surface area contributed by atoms with Crippen LogP contribution in [0.1, 0.15) is 26.3 Å². The minimum Gasteiger partial charge on any atom is -0.465 e. The van der Waals surface area contributed by atoms with Gasteiger partial charge < -0.3 is 19.1 Å². The number of carbonyl (C=O) groups excluding carboxylic acids is 3. The highest BCUT2D eigenvalue weighted by molar-refractivity contribution is 6.14. The number of hydrogen-bond donors (Lipinski definition) is 0. The number of ether oxygens (including phenoxy) is 3.